The summed E-state index contributed by atoms with van der Waals surface area (Å²) in [7, 11) is -1.94. The molecule has 1 atom stereocenters. The number of nitrogens with zero attached hydrogens (tertiary/aromatic N) is 2. The molecule has 1 rings (SSSR count). The Morgan fingerprint density at radius 3 is 2.57 bits per heavy atom. The maximum atomic E-state index is 11.5. The second kappa shape index (κ2) is 4.41. The zero-order valence-corrected chi connectivity index (χ0v) is 9.83. The van der Waals surface area contributed by atoms with Gasteiger partial charge in [0.2, 0.25) is 0 Å². The summed E-state index contributed by atoms with van der Waals surface area (Å²) in [4.78, 5) is 1.66. The molecule has 0 N–H and O–H groups in total. The standard InChI is InChI=1S/C7H14N2O3S2/c1-3-6-12-14(10,11)9-5-4-8(2)7(9)13/h4-5,7,13H,3,6H2,1-2H3. The third-order valence-electron chi connectivity index (χ3n) is 1.74. The summed E-state index contributed by atoms with van der Waals surface area (Å²) in [5.74, 6) is 0. The van der Waals surface area contributed by atoms with Gasteiger partial charge in [0.25, 0.3) is 0 Å². The lowest BCUT2D eigenvalue weighted by molar-refractivity contribution is 0.263. The van der Waals surface area contributed by atoms with Gasteiger partial charge in [-0.25, -0.2) is 4.31 Å². The van der Waals surface area contributed by atoms with Crippen LogP contribution >= 0.6 is 12.6 Å². The van der Waals surface area contributed by atoms with Crippen LogP contribution in [0.5, 0.6) is 0 Å². The van der Waals surface area contributed by atoms with Crippen LogP contribution in [0.15, 0.2) is 12.4 Å². The fourth-order valence-electron chi connectivity index (χ4n) is 0.944. The molecule has 0 aromatic heterocycles. The highest BCUT2D eigenvalue weighted by molar-refractivity contribution is 7.86. The Kier molecular flexibility index (Phi) is 3.68. The van der Waals surface area contributed by atoms with Crippen molar-refractivity contribution in [3.05, 3.63) is 12.4 Å². The van der Waals surface area contributed by atoms with Crippen LogP contribution in [0.2, 0.25) is 0 Å². The predicted octanol–water partition coefficient (Wildman–Crippen LogP) is 0.590. The molecule has 0 saturated carbocycles. The fraction of sp³-hybridized carbons (Fsp3) is 0.714. The molecule has 1 heterocycles. The van der Waals surface area contributed by atoms with Crippen LogP contribution in [-0.2, 0) is 14.5 Å². The van der Waals surface area contributed by atoms with E-state index in [1.807, 2.05) is 6.92 Å². The average Bonchev–Trinajstić information content (AvgIpc) is 2.45. The summed E-state index contributed by atoms with van der Waals surface area (Å²) >= 11 is 4.13. The first-order chi connectivity index (χ1) is 6.49. The second-order valence-electron chi connectivity index (χ2n) is 2.92. The van der Waals surface area contributed by atoms with Crippen molar-refractivity contribution in [1.82, 2.24) is 9.21 Å². The van der Waals surface area contributed by atoms with E-state index in [4.69, 9.17) is 4.18 Å². The van der Waals surface area contributed by atoms with E-state index in [-0.39, 0.29) is 6.61 Å². The Hall–Kier alpha value is -0.400. The smallest absolute Gasteiger partial charge is 0.350 e. The van der Waals surface area contributed by atoms with Crippen LogP contribution in [0.4, 0.5) is 0 Å². The first-order valence-corrected chi connectivity index (χ1v) is 6.13. The Bertz CT molecular complexity index is 315. The van der Waals surface area contributed by atoms with Crippen LogP contribution in [0.1, 0.15) is 13.3 Å². The van der Waals surface area contributed by atoms with Gasteiger partial charge in [0, 0.05) is 19.4 Å². The summed E-state index contributed by atoms with van der Waals surface area (Å²) < 4.78 is 28.9. The molecule has 5 nitrogen and oxygen atoms in total. The minimum Gasteiger partial charge on any atom is -0.350 e. The largest absolute Gasteiger partial charge is 0.364 e. The molecule has 0 aliphatic carbocycles. The first-order valence-electron chi connectivity index (χ1n) is 4.25. The van der Waals surface area contributed by atoms with E-state index >= 15 is 0 Å². The molecule has 0 aromatic carbocycles. The van der Waals surface area contributed by atoms with Crippen LogP contribution < -0.4 is 0 Å². The van der Waals surface area contributed by atoms with Gasteiger partial charge in [-0.05, 0) is 6.42 Å². The Morgan fingerprint density at radius 2 is 2.14 bits per heavy atom. The Labute approximate surface area is 90.0 Å². The predicted molar refractivity (Wildman–Crippen MR) is 56.7 cm³/mol. The molecule has 0 aromatic rings. The van der Waals surface area contributed by atoms with Crippen LogP contribution in [-0.4, -0.2) is 36.8 Å². The lowest BCUT2D eigenvalue weighted by atomic mass is 10.5. The van der Waals surface area contributed by atoms with E-state index in [0.717, 1.165) is 4.31 Å². The van der Waals surface area contributed by atoms with E-state index in [2.05, 4.69) is 12.6 Å². The molecule has 0 fully saturated rings. The highest BCUT2D eigenvalue weighted by atomic mass is 32.2. The molecule has 7 heteroatoms. The zero-order valence-electron chi connectivity index (χ0n) is 8.12. The molecule has 1 aliphatic rings. The summed E-state index contributed by atoms with van der Waals surface area (Å²) in [6, 6.07) is 0. The Morgan fingerprint density at radius 1 is 1.50 bits per heavy atom. The van der Waals surface area contributed by atoms with Crippen molar-refractivity contribution in [1.29, 1.82) is 0 Å². The van der Waals surface area contributed by atoms with Crippen molar-refractivity contribution in [2.45, 2.75) is 18.8 Å². The number of thiol groups is 1. The quantitative estimate of drug-likeness (QED) is 0.728. The van der Waals surface area contributed by atoms with Gasteiger partial charge >= 0.3 is 10.3 Å². The minimum absolute atomic E-state index is 0.191. The van der Waals surface area contributed by atoms with Gasteiger partial charge in [0.1, 0.15) is 0 Å². The third-order valence-corrected chi connectivity index (χ3v) is 3.81. The van der Waals surface area contributed by atoms with Crippen molar-refractivity contribution in [3.8, 4) is 0 Å². The highest BCUT2D eigenvalue weighted by Crippen LogP contribution is 2.21. The number of rotatable bonds is 4. The SMILES string of the molecule is CCCOS(=O)(=O)N1C=CN(C)C1S. The molecular formula is C7H14N2O3S2. The van der Waals surface area contributed by atoms with Crippen molar-refractivity contribution < 1.29 is 12.6 Å². The van der Waals surface area contributed by atoms with E-state index in [0.29, 0.717) is 6.42 Å². The fourth-order valence-corrected chi connectivity index (χ4v) is 2.53. The average molecular weight is 238 g/mol. The molecule has 0 spiro atoms. The van der Waals surface area contributed by atoms with Crippen molar-refractivity contribution >= 4 is 22.9 Å². The third kappa shape index (κ3) is 2.34. The number of hydrogen-bond donors (Lipinski definition) is 1. The monoisotopic (exact) mass is 238 g/mol. The lowest BCUT2D eigenvalue weighted by Gasteiger charge is -2.24. The summed E-state index contributed by atoms with van der Waals surface area (Å²) in [5.41, 5.74) is -0.517. The molecule has 1 unspecified atom stereocenters. The summed E-state index contributed by atoms with van der Waals surface area (Å²) in [6.07, 6.45) is 3.72. The molecule has 0 saturated heterocycles. The molecule has 0 bridgehead atoms. The van der Waals surface area contributed by atoms with Gasteiger partial charge in [-0.3, -0.25) is 4.18 Å². The molecule has 82 valence electrons. The summed E-state index contributed by atoms with van der Waals surface area (Å²) in [6.45, 7) is 2.04. The second-order valence-corrected chi connectivity index (χ2v) is 4.89. The van der Waals surface area contributed by atoms with Crippen molar-refractivity contribution in [3.63, 3.8) is 0 Å². The molecule has 14 heavy (non-hydrogen) atoms. The number of hydrogen-bond acceptors (Lipinski definition) is 5. The van der Waals surface area contributed by atoms with Gasteiger partial charge in [-0.2, -0.15) is 8.42 Å². The topological polar surface area (TPSA) is 49.9 Å². The maximum Gasteiger partial charge on any atom is 0.364 e. The van der Waals surface area contributed by atoms with E-state index in [1.165, 1.54) is 6.20 Å². The van der Waals surface area contributed by atoms with E-state index in [9.17, 15) is 8.42 Å². The molecule has 1 aliphatic heterocycles. The minimum atomic E-state index is -3.68. The highest BCUT2D eigenvalue weighted by Gasteiger charge is 2.30. The van der Waals surface area contributed by atoms with Crippen LogP contribution in [0.25, 0.3) is 0 Å². The van der Waals surface area contributed by atoms with Gasteiger partial charge in [-0.1, -0.05) is 6.92 Å². The summed E-state index contributed by atoms with van der Waals surface area (Å²) in [5, 5.41) is 0. The maximum absolute atomic E-state index is 11.5. The molecule has 0 radical (unpaired) electrons. The van der Waals surface area contributed by atoms with Crippen molar-refractivity contribution in [2.24, 2.45) is 0 Å². The molecular weight excluding hydrogens is 224 g/mol. The zero-order chi connectivity index (χ0) is 10.8. The molecule has 0 amide bonds. The van der Waals surface area contributed by atoms with Gasteiger partial charge in [0.15, 0.2) is 5.50 Å². The van der Waals surface area contributed by atoms with E-state index in [1.54, 1.807) is 18.1 Å². The van der Waals surface area contributed by atoms with Crippen LogP contribution in [0.3, 0.4) is 0 Å². The Balaban J connectivity index is 2.70. The van der Waals surface area contributed by atoms with Gasteiger partial charge in [-0.15, -0.1) is 12.6 Å². The van der Waals surface area contributed by atoms with Crippen molar-refractivity contribution in [2.75, 3.05) is 13.7 Å². The van der Waals surface area contributed by atoms with Gasteiger partial charge < -0.3 is 4.90 Å². The first kappa shape index (κ1) is 11.7. The van der Waals surface area contributed by atoms with E-state index < -0.39 is 15.8 Å². The lowest BCUT2D eigenvalue weighted by Crippen LogP contribution is -2.37. The van der Waals surface area contributed by atoms with Gasteiger partial charge in [0.05, 0.1) is 6.61 Å². The van der Waals surface area contributed by atoms with Crippen LogP contribution in [0, 0.1) is 0 Å². The normalized spacial score (nSPS) is 22.1.